The Morgan fingerprint density at radius 3 is 2.14 bits per heavy atom. The number of halogens is 3. The van der Waals surface area contributed by atoms with E-state index in [1.54, 1.807) is 0 Å². The van der Waals surface area contributed by atoms with E-state index >= 15 is 0 Å². The zero-order valence-electron chi connectivity index (χ0n) is 11.3. The van der Waals surface area contributed by atoms with E-state index in [0.29, 0.717) is 23.9 Å². The Hall–Kier alpha value is -1.52. The average Bonchev–Trinajstić information content (AvgIpc) is 2.48. The predicted octanol–water partition coefficient (Wildman–Crippen LogP) is 3.85. The van der Waals surface area contributed by atoms with E-state index < -0.39 is 0 Å². The normalized spacial score (nSPS) is 15.4. The van der Waals surface area contributed by atoms with Gasteiger partial charge in [-0.15, -0.1) is 0 Å². The molecule has 3 nitrogen and oxygen atoms in total. The SMILES string of the molecule is Fc1cc(Cl)cnc1N1CCN(c2ccc(Cl)cc2)CC1. The third-order valence-corrected chi connectivity index (χ3v) is 4.02. The van der Waals surface area contributed by atoms with E-state index in [1.165, 1.54) is 12.3 Å². The molecule has 0 aliphatic carbocycles. The summed E-state index contributed by atoms with van der Waals surface area (Å²) in [6.07, 6.45) is 1.48. The van der Waals surface area contributed by atoms with Gasteiger partial charge in [-0.1, -0.05) is 23.2 Å². The second-order valence-corrected chi connectivity index (χ2v) is 5.78. The molecule has 1 aliphatic heterocycles. The molecule has 0 atom stereocenters. The Balaban J connectivity index is 1.68. The number of anilines is 2. The van der Waals surface area contributed by atoms with Crippen LogP contribution in [-0.2, 0) is 0 Å². The summed E-state index contributed by atoms with van der Waals surface area (Å²) in [5.74, 6) is -0.00222. The second kappa shape index (κ2) is 6.08. The molecule has 1 aromatic heterocycles. The largest absolute Gasteiger partial charge is 0.368 e. The zero-order chi connectivity index (χ0) is 14.8. The van der Waals surface area contributed by atoms with Crippen molar-refractivity contribution in [2.24, 2.45) is 0 Å². The van der Waals surface area contributed by atoms with E-state index in [-0.39, 0.29) is 5.82 Å². The van der Waals surface area contributed by atoms with Crippen LogP contribution >= 0.6 is 23.2 Å². The van der Waals surface area contributed by atoms with Crippen LogP contribution in [0.5, 0.6) is 0 Å². The van der Waals surface area contributed by atoms with E-state index in [1.807, 2.05) is 29.2 Å². The van der Waals surface area contributed by atoms with Crippen molar-refractivity contribution in [3.63, 3.8) is 0 Å². The molecular formula is C15H14Cl2FN3. The van der Waals surface area contributed by atoms with Crippen LogP contribution in [0.1, 0.15) is 0 Å². The molecule has 0 N–H and O–H groups in total. The van der Waals surface area contributed by atoms with Crippen molar-refractivity contribution in [1.82, 2.24) is 4.98 Å². The number of pyridine rings is 1. The lowest BCUT2D eigenvalue weighted by Gasteiger charge is -2.36. The third-order valence-electron chi connectivity index (χ3n) is 3.56. The van der Waals surface area contributed by atoms with E-state index in [2.05, 4.69) is 9.88 Å². The Labute approximate surface area is 132 Å². The van der Waals surface area contributed by atoms with Gasteiger partial charge in [-0.2, -0.15) is 0 Å². The first-order chi connectivity index (χ1) is 10.1. The minimum Gasteiger partial charge on any atom is -0.368 e. The summed E-state index contributed by atoms with van der Waals surface area (Å²) in [5, 5.41) is 1.04. The molecule has 2 heterocycles. The topological polar surface area (TPSA) is 19.4 Å². The lowest BCUT2D eigenvalue weighted by atomic mass is 10.2. The second-order valence-electron chi connectivity index (χ2n) is 4.91. The Morgan fingerprint density at radius 1 is 0.905 bits per heavy atom. The highest BCUT2D eigenvalue weighted by Crippen LogP contribution is 2.23. The van der Waals surface area contributed by atoms with E-state index in [0.717, 1.165) is 23.8 Å². The number of hydrogen-bond acceptors (Lipinski definition) is 3. The van der Waals surface area contributed by atoms with Gasteiger partial charge in [-0.3, -0.25) is 0 Å². The van der Waals surface area contributed by atoms with Crippen molar-refractivity contribution >= 4 is 34.7 Å². The van der Waals surface area contributed by atoms with Gasteiger partial charge in [-0.05, 0) is 30.3 Å². The molecule has 0 radical (unpaired) electrons. The van der Waals surface area contributed by atoms with Crippen LogP contribution in [0.15, 0.2) is 36.5 Å². The number of piperazine rings is 1. The molecular weight excluding hydrogens is 312 g/mol. The lowest BCUT2D eigenvalue weighted by molar-refractivity contribution is 0.588. The van der Waals surface area contributed by atoms with Crippen LogP contribution in [0, 0.1) is 5.82 Å². The molecule has 6 heteroatoms. The van der Waals surface area contributed by atoms with Crippen LogP contribution < -0.4 is 9.80 Å². The van der Waals surface area contributed by atoms with Crippen molar-refractivity contribution in [3.8, 4) is 0 Å². The molecule has 0 spiro atoms. The highest BCUT2D eigenvalue weighted by atomic mass is 35.5. The van der Waals surface area contributed by atoms with E-state index in [4.69, 9.17) is 23.2 Å². The lowest BCUT2D eigenvalue weighted by Crippen LogP contribution is -2.47. The van der Waals surface area contributed by atoms with Crippen molar-refractivity contribution in [2.45, 2.75) is 0 Å². The third kappa shape index (κ3) is 3.22. The monoisotopic (exact) mass is 325 g/mol. The summed E-state index contributed by atoms with van der Waals surface area (Å²) in [6, 6.07) is 9.06. The van der Waals surface area contributed by atoms with Crippen molar-refractivity contribution < 1.29 is 4.39 Å². The molecule has 3 rings (SSSR count). The quantitative estimate of drug-likeness (QED) is 0.835. The maximum atomic E-state index is 13.9. The fourth-order valence-electron chi connectivity index (χ4n) is 2.47. The molecule has 1 aromatic carbocycles. The highest BCUT2D eigenvalue weighted by molar-refractivity contribution is 6.30. The molecule has 21 heavy (non-hydrogen) atoms. The first-order valence-corrected chi connectivity index (χ1v) is 7.45. The number of hydrogen-bond donors (Lipinski definition) is 0. The molecule has 0 amide bonds. The van der Waals surface area contributed by atoms with Crippen molar-refractivity contribution in [3.05, 3.63) is 52.4 Å². The first kappa shape index (κ1) is 14.4. The van der Waals surface area contributed by atoms with Gasteiger partial charge in [0.25, 0.3) is 0 Å². The maximum Gasteiger partial charge on any atom is 0.167 e. The average molecular weight is 326 g/mol. The summed E-state index contributed by atoms with van der Waals surface area (Å²) in [5.41, 5.74) is 1.13. The Morgan fingerprint density at radius 2 is 1.52 bits per heavy atom. The highest BCUT2D eigenvalue weighted by Gasteiger charge is 2.20. The minimum absolute atomic E-state index is 0.316. The Kier molecular flexibility index (Phi) is 4.17. The summed E-state index contributed by atoms with van der Waals surface area (Å²) in [4.78, 5) is 8.29. The smallest absolute Gasteiger partial charge is 0.167 e. The number of aromatic nitrogens is 1. The fourth-order valence-corrected chi connectivity index (χ4v) is 2.74. The van der Waals surface area contributed by atoms with Gasteiger partial charge in [0, 0.05) is 43.1 Å². The predicted molar refractivity (Wildman–Crippen MR) is 85.1 cm³/mol. The van der Waals surface area contributed by atoms with E-state index in [9.17, 15) is 4.39 Å². The maximum absolute atomic E-state index is 13.9. The molecule has 0 unspecified atom stereocenters. The van der Waals surface area contributed by atoms with Gasteiger partial charge < -0.3 is 9.80 Å². The van der Waals surface area contributed by atoms with Crippen molar-refractivity contribution in [2.75, 3.05) is 36.0 Å². The number of benzene rings is 1. The molecule has 1 saturated heterocycles. The molecule has 1 aliphatic rings. The minimum atomic E-state index is -0.373. The van der Waals surface area contributed by atoms with Gasteiger partial charge in [0.1, 0.15) is 0 Å². The summed E-state index contributed by atoms with van der Waals surface area (Å²) in [6.45, 7) is 3.05. The van der Waals surface area contributed by atoms with Gasteiger partial charge in [-0.25, -0.2) is 9.37 Å². The van der Waals surface area contributed by atoms with Gasteiger partial charge >= 0.3 is 0 Å². The molecule has 1 fully saturated rings. The zero-order valence-corrected chi connectivity index (χ0v) is 12.8. The van der Waals surface area contributed by atoms with Crippen LogP contribution in [0.4, 0.5) is 15.9 Å². The Bertz CT molecular complexity index is 625. The van der Waals surface area contributed by atoms with Gasteiger partial charge in [0.05, 0.1) is 5.02 Å². The van der Waals surface area contributed by atoms with Crippen LogP contribution in [-0.4, -0.2) is 31.2 Å². The molecule has 2 aromatic rings. The van der Waals surface area contributed by atoms with Crippen molar-refractivity contribution in [1.29, 1.82) is 0 Å². The molecule has 0 bridgehead atoms. The molecule has 110 valence electrons. The van der Waals surface area contributed by atoms with Crippen LogP contribution in [0.2, 0.25) is 10.0 Å². The summed E-state index contributed by atoms with van der Waals surface area (Å²) >= 11 is 11.6. The van der Waals surface area contributed by atoms with Crippen LogP contribution in [0.3, 0.4) is 0 Å². The fraction of sp³-hybridized carbons (Fsp3) is 0.267. The standard InChI is InChI=1S/C15H14Cl2FN3/c16-11-1-3-13(4-2-11)20-5-7-21(8-6-20)15-14(18)9-12(17)10-19-15/h1-4,9-10H,5-8H2. The summed E-state index contributed by atoms with van der Waals surface area (Å²) < 4.78 is 13.9. The van der Waals surface area contributed by atoms with Gasteiger partial charge in [0.15, 0.2) is 11.6 Å². The first-order valence-electron chi connectivity index (χ1n) is 6.70. The molecule has 0 saturated carbocycles. The number of rotatable bonds is 2. The number of nitrogens with zero attached hydrogens (tertiary/aromatic N) is 3. The van der Waals surface area contributed by atoms with Gasteiger partial charge in [0.2, 0.25) is 0 Å². The van der Waals surface area contributed by atoms with Crippen LogP contribution in [0.25, 0.3) is 0 Å². The summed E-state index contributed by atoms with van der Waals surface area (Å²) in [7, 11) is 0.